The Morgan fingerprint density at radius 2 is 1.75 bits per heavy atom. The number of aryl methyl sites for hydroxylation is 1. The van der Waals surface area contributed by atoms with Crippen LogP contribution in [-0.2, 0) is 34.3 Å². The zero-order valence-corrected chi connectivity index (χ0v) is 19.8. The van der Waals surface area contributed by atoms with Crippen LogP contribution in [0.2, 0.25) is 0 Å². The van der Waals surface area contributed by atoms with E-state index in [1.54, 1.807) is 60.7 Å². The predicted molar refractivity (Wildman–Crippen MR) is 131 cm³/mol. The predicted octanol–water partition coefficient (Wildman–Crippen LogP) is 2.21. The Hall–Kier alpha value is -4.73. The van der Waals surface area contributed by atoms with E-state index in [2.05, 4.69) is 10.4 Å². The molecule has 0 saturated carbocycles. The summed E-state index contributed by atoms with van der Waals surface area (Å²) in [6.45, 7) is -0.329. The third-order valence-electron chi connectivity index (χ3n) is 5.59. The number of carbonyl (C=O) groups is 3. The Bertz CT molecular complexity index is 1480. The summed E-state index contributed by atoms with van der Waals surface area (Å²) in [4.78, 5) is 51.5. The highest BCUT2D eigenvalue weighted by Gasteiger charge is 2.20. The molecule has 0 aliphatic carbocycles. The Kier molecular flexibility index (Phi) is 7.24. The molecule has 10 heteroatoms. The Morgan fingerprint density at radius 1 is 1.03 bits per heavy atom. The molecule has 10 nitrogen and oxygen atoms in total. The lowest BCUT2D eigenvalue weighted by Crippen LogP contribution is -2.34. The molecule has 0 saturated heterocycles. The van der Waals surface area contributed by atoms with Gasteiger partial charge in [-0.15, -0.1) is 0 Å². The van der Waals surface area contributed by atoms with Crippen LogP contribution in [0.3, 0.4) is 0 Å². The molecule has 0 unspecified atom stereocenters. The summed E-state index contributed by atoms with van der Waals surface area (Å²) in [5.41, 5.74) is 0.747. The third kappa shape index (κ3) is 5.33. The number of nitrogens with zero attached hydrogens (tertiary/aromatic N) is 3. The number of fused-ring (bicyclic) bond motifs is 1. The van der Waals surface area contributed by atoms with E-state index in [0.717, 1.165) is 4.68 Å². The summed E-state index contributed by atoms with van der Waals surface area (Å²) in [5, 5.41) is 7.92. The molecule has 0 atom stereocenters. The number of furan rings is 1. The van der Waals surface area contributed by atoms with Gasteiger partial charge in [0.15, 0.2) is 6.61 Å². The number of rotatable bonds is 8. The Balaban J connectivity index is 1.40. The second-order valence-corrected chi connectivity index (χ2v) is 7.99. The van der Waals surface area contributed by atoms with Crippen molar-refractivity contribution in [1.82, 2.24) is 15.1 Å². The topological polar surface area (TPSA) is 124 Å². The molecule has 36 heavy (non-hydrogen) atoms. The lowest BCUT2D eigenvalue weighted by atomic mass is 10.1. The van der Waals surface area contributed by atoms with Crippen LogP contribution in [0.4, 0.5) is 5.69 Å². The average Bonchev–Trinajstić information content (AvgIpc) is 3.42. The van der Waals surface area contributed by atoms with Crippen molar-refractivity contribution in [2.75, 3.05) is 18.6 Å². The molecule has 0 aliphatic rings. The fourth-order valence-corrected chi connectivity index (χ4v) is 3.70. The molecule has 2 aromatic carbocycles. The van der Waals surface area contributed by atoms with Crippen molar-refractivity contribution < 1.29 is 23.5 Å². The molecule has 0 spiro atoms. The normalized spacial score (nSPS) is 10.7. The monoisotopic (exact) mass is 488 g/mol. The number of amides is 2. The van der Waals surface area contributed by atoms with Gasteiger partial charge in [-0.2, -0.15) is 5.10 Å². The van der Waals surface area contributed by atoms with Crippen molar-refractivity contribution in [1.29, 1.82) is 0 Å². The molecule has 2 amide bonds. The van der Waals surface area contributed by atoms with Crippen molar-refractivity contribution >= 4 is 34.2 Å². The van der Waals surface area contributed by atoms with Crippen LogP contribution in [-0.4, -0.2) is 41.2 Å². The first-order chi connectivity index (χ1) is 17.3. The number of aromatic nitrogens is 2. The molecule has 184 valence electrons. The number of hydrogen-bond acceptors (Lipinski definition) is 7. The van der Waals surface area contributed by atoms with Crippen LogP contribution in [0.1, 0.15) is 21.8 Å². The summed E-state index contributed by atoms with van der Waals surface area (Å²) in [6, 6.07) is 16.9. The second-order valence-electron chi connectivity index (χ2n) is 7.99. The number of anilines is 1. The summed E-state index contributed by atoms with van der Waals surface area (Å²) >= 11 is 0. The van der Waals surface area contributed by atoms with E-state index in [1.165, 1.54) is 25.3 Å². The van der Waals surface area contributed by atoms with E-state index in [9.17, 15) is 19.2 Å². The van der Waals surface area contributed by atoms with E-state index in [-0.39, 0.29) is 30.0 Å². The number of para-hydroxylation sites is 1. The van der Waals surface area contributed by atoms with Crippen molar-refractivity contribution in [3.63, 3.8) is 0 Å². The number of nitrogens with one attached hydrogen (secondary N) is 1. The quantitative estimate of drug-likeness (QED) is 0.377. The molecule has 1 N–H and O–H groups in total. The van der Waals surface area contributed by atoms with Crippen molar-refractivity contribution in [3.8, 4) is 0 Å². The van der Waals surface area contributed by atoms with Crippen molar-refractivity contribution in [2.24, 2.45) is 7.05 Å². The van der Waals surface area contributed by atoms with Crippen LogP contribution in [0.5, 0.6) is 0 Å². The molecule has 0 bridgehead atoms. The average molecular weight is 489 g/mol. The van der Waals surface area contributed by atoms with Crippen LogP contribution in [0, 0.1) is 0 Å². The van der Waals surface area contributed by atoms with Gasteiger partial charge in [-0.3, -0.25) is 19.2 Å². The van der Waals surface area contributed by atoms with Crippen molar-refractivity contribution in [3.05, 3.63) is 94.3 Å². The number of carbonyl (C=O) groups excluding carboxylic acids is 3. The molecule has 0 radical (unpaired) electrons. The van der Waals surface area contributed by atoms with Crippen LogP contribution in [0.25, 0.3) is 10.8 Å². The van der Waals surface area contributed by atoms with Gasteiger partial charge in [0.2, 0.25) is 0 Å². The van der Waals surface area contributed by atoms with E-state index >= 15 is 0 Å². The maximum absolute atomic E-state index is 12.8. The standard InChI is InChI=1S/C26H24N4O6/c1-29(22-12-6-5-11-20(22)25(33)27-15-17-8-7-13-35-17)23(31)16-36-24(32)14-21-18-9-3-4-10-19(18)26(34)30(2)28-21/h3-13H,14-16H2,1-2H3,(H,27,33). The lowest BCUT2D eigenvalue weighted by Gasteiger charge is -2.20. The number of likely N-dealkylation sites (N-methyl/N-ethyl adjacent to an activating group) is 1. The summed E-state index contributed by atoms with van der Waals surface area (Å²) < 4.78 is 11.6. The minimum Gasteiger partial charge on any atom is -0.467 e. The largest absolute Gasteiger partial charge is 0.467 e. The number of benzene rings is 2. The van der Waals surface area contributed by atoms with Gasteiger partial charge in [-0.05, 0) is 30.3 Å². The highest BCUT2D eigenvalue weighted by Crippen LogP contribution is 2.20. The molecular weight excluding hydrogens is 464 g/mol. The molecule has 4 rings (SSSR count). The molecular formula is C26H24N4O6. The first kappa shape index (κ1) is 24.4. The zero-order chi connectivity index (χ0) is 25.7. The van der Waals surface area contributed by atoms with Gasteiger partial charge in [0.05, 0.1) is 41.6 Å². The summed E-state index contributed by atoms with van der Waals surface area (Å²) in [6.07, 6.45) is 1.30. The maximum atomic E-state index is 12.8. The van der Waals surface area contributed by atoms with E-state index in [1.807, 2.05) is 0 Å². The minimum absolute atomic E-state index is 0.198. The molecule has 0 aliphatic heterocycles. The Morgan fingerprint density at radius 3 is 2.50 bits per heavy atom. The smallest absolute Gasteiger partial charge is 0.312 e. The fourth-order valence-electron chi connectivity index (χ4n) is 3.70. The molecule has 4 aromatic rings. The second kappa shape index (κ2) is 10.7. The maximum Gasteiger partial charge on any atom is 0.312 e. The van der Waals surface area contributed by atoms with E-state index in [4.69, 9.17) is 9.15 Å². The highest BCUT2D eigenvalue weighted by molar-refractivity contribution is 6.05. The van der Waals surface area contributed by atoms with Gasteiger partial charge >= 0.3 is 5.97 Å². The first-order valence-corrected chi connectivity index (χ1v) is 11.1. The van der Waals surface area contributed by atoms with Crippen LogP contribution >= 0.6 is 0 Å². The molecule has 2 aromatic heterocycles. The van der Waals surface area contributed by atoms with Crippen LogP contribution in [0.15, 0.2) is 76.1 Å². The van der Waals surface area contributed by atoms with Gasteiger partial charge in [-0.25, -0.2) is 4.68 Å². The number of ether oxygens (including phenoxy) is 1. The molecule has 2 heterocycles. The van der Waals surface area contributed by atoms with Gasteiger partial charge in [0, 0.05) is 19.5 Å². The fraction of sp³-hybridized carbons (Fsp3) is 0.192. The molecule has 0 fully saturated rings. The van der Waals surface area contributed by atoms with Gasteiger partial charge < -0.3 is 19.4 Å². The van der Waals surface area contributed by atoms with Crippen LogP contribution < -0.4 is 15.8 Å². The lowest BCUT2D eigenvalue weighted by molar-refractivity contribution is -0.147. The number of hydrogen-bond donors (Lipinski definition) is 1. The Labute approximate surface area is 206 Å². The summed E-state index contributed by atoms with van der Waals surface area (Å²) in [7, 11) is 3.00. The zero-order valence-electron chi connectivity index (χ0n) is 19.8. The van der Waals surface area contributed by atoms with Gasteiger partial charge in [0.25, 0.3) is 17.4 Å². The van der Waals surface area contributed by atoms with E-state index in [0.29, 0.717) is 27.9 Å². The summed E-state index contributed by atoms with van der Waals surface area (Å²) in [5.74, 6) is -0.977. The van der Waals surface area contributed by atoms with Gasteiger partial charge in [0.1, 0.15) is 5.76 Å². The van der Waals surface area contributed by atoms with E-state index < -0.39 is 18.5 Å². The highest BCUT2D eigenvalue weighted by atomic mass is 16.5. The third-order valence-corrected chi connectivity index (χ3v) is 5.59. The van der Waals surface area contributed by atoms with Gasteiger partial charge in [-0.1, -0.05) is 30.3 Å². The number of esters is 1. The SMILES string of the molecule is CN(C(=O)COC(=O)Cc1nn(C)c(=O)c2ccccc12)c1ccccc1C(=O)NCc1ccco1. The van der Waals surface area contributed by atoms with Crippen molar-refractivity contribution in [2.45, 2.75) is 13.0 Å². The minimum atomic E-state index is -0.669. The first-order valence-electron chi connectivity index (χ1n) is 11.1.